The molecule has 34 heavy (non-hydrogen) atoms. The van der Waals surface area contributed by atoms with E-state index in [1.807, 2.05) is 0 Å². The van der Waals surface area contributed by atoms with E-state index in [1.54, 1.807) is 12.1 Å². The van der Waals surface area contributed by atoms with Gasteiger partial charge in [0.1, 0.15) is 0 Å². The number of ether oxygens (including phenoxy) is 3. The quantitative estimate of drug-likeness (QED) is 0.332. The van der Waals surface area contributed by atoms with Crippen LogP contribution in [0.25, 0.3) is 0 Å². The molecular formula is C21H22N4O8S. The van der Waals surface area contributed by atoms with E-state index in [1.165, 1.54) is 34.8 Å². The Morgan fingerprint density at radius 2 is 1.82 bits per heavy atom. The van der Waals surface area contributed by atoms with Crippen LogP contribution in [0.4, 0.5) is 5.69 Å². The van der Waals surface area contributed by atoms with Crippen LogP contribution in [0, 0.1) is 10.1 Å². The Balaban J connectivity index is 1.31. The highest BCUT2D eigenvalue weighted by molar-refractivity contribution is 7.89. The summed E-state index contributed by atoms with van der Waals surface area (Å²) in [6.45, 7) is 1.36. The monoisotopic (exact) mass is 490 g/mol. The van der Waals surface area contributed by atoms with Crippen LogP contribution in [0.5, 0.6) is 11.5 Å². The lowest BCUT2D eigenvalue weighted by molar-refractivity contribution is -0.385. The van der Waals surface area contributed by atoms with E-state index >= 15 is 0 Å². The Labute approximate surface area is 195 Å². The molecule has 13 heteroatoms. The SMILES string of the molecule is O=C(CCc1ccc(S(=O)(=O)N2CCOCC2)cc1)N/N=C\c1cc2c(cc1[N+](=O)[O-])OCO2. The Morgan fingerprint density at radius 3 is 2.50 bits per heavy atom. The average Bonchev–Trinajstić information content (AvgIpc) is 3.30. The number of amides is 1. The van der Waals surface area contributed by atoms with Crippen molar-refractivity contribution in [1.82, 2.24) is 9.73 Å². The zero-order valence-corrected chi connectivity index (χ0v) is 18.8. The molecule has 1 amide bonds. The van der Waals surface area contributed by atoms with E-state index in [-0.39, 0.29) is 35.1 Å². The summed E-state index contributed by atoms with van der Waals surface area (Å²) >= 11 is 0. The molecule has 12 nitrogen and oxygen atoms in total. The van der Waals surface area contributed by atoms with E-state index in [9.17, 15) is 23.3 Å². The molecule has 0 unspecified atom stereocenters. The molecule has 0 aromatic heterocycles. The maximum atomic E-state index is 12.7. The molecule has 0 atom stereocenters. The summed E-state index contributed by atoms with van der Waals surface area (Å²) in [5, 5.41) is 15.1. The molecule has 1 N–H and O–H groups in total. The second-order valence-electron chi connectivity index (χ2n) is 7.47. The number of carbonyl (C=O) groups is 1. The van der Waals surface area contributed by atoms with Gasteiger partial charge in [0.25, 0.3) is 5.69 Å². The number of nitro groups is 1. The summed E-state index contributed by atoms with van der Waals surface area (Å²) in [5.41, 5.74) is 3.05. The van der Waals surface area contributed by atoms with Crippen LogP contribution < -0.4 is 14.9 Å². The second kappa shape index (κ2) is 10.2. The molecule has 1 fully saturated rings. The molecule has 2 heterocycles. The predicted molar refractivity (Wildman–Crippen MR) is 119 cm³/mol. The van der Waals surface area contributed by atoms with Crippen molar-refractivity contribution in [3.63, 3.8) is 0 Å². The topological polar surface area (TPSA) is 150 Å². The van der Waals surface area contributed by atoms with Gasteiger partial charge in [-0.05, 0) is 30.2 Å². The van der Waals surface area contributed by atoms with Gasteiger partial charge in [0.15, 0.2) is 11.5 Å². The first kappa shape index (κ1) is 23.6. The third-order valence-electron chi connectivity index (χ3n) is 5.28. The van der Waals surface area contributed by atoms with E-state index in [0.717, 1.165) is 5.56 Å². The van der Waals surface area contributed by atoms with Crippen molar-refractivity contribution < 1.29 is 32.3 Å². The molecule has 2 aliphatic rings. The third-order valence-corrected chi connectivity index (χ3v) is 7.20. The molecule has 4 rings (SSSR count). The number of aryl methyl sites for hydroxylation is 1. The lowest BCUT2D eigenvalue weighted by Gasteiger charge is -2.26. The number of hydrogen-bond donors (Lipinski definition) is 1. The van der Waals surface area contributed by atoms with Gasteiger partial charge in [-0.2, -0.15) is 9.41 Å². The van der Waals surface area contributed by atoms with E-state index in [4.69, 9.17) is 14.2 Å². The number of hydrogen-bond acceptors (Lipinski definition) is 9. The lowest BCUT2D eigenvalue weighted by Crippen LogP contribution is -2.40. The molecule has 0 spiro atoms. The number of sulfonamides is 1. The van der Waals surface area contributed by atoms with Gasteiger partial charge >= 0.3 is 0 Å². The molecular weight excluding hydrogens is 468 g/mol. The minimum atomic E-state index is -3.57. The number of carbonyl (C=O) groups excluding carboxylic acids is 1. The minimum absolute atomic E-state index is 0.0239. The molecule has 0 aliphatic carbocycles. The van der Waals surface area contributed by atoms with Gasteiger partial charge in [0, 0.05) is 19.5 Å². The molecule has 2 aromatic rings. The smallest absolute Gasteiger partial charge is 0.282 e. The Hall–Kier alpha value is -3.55. The fourth-order valence-corrected chi connectivity index (χ4v) is 4.87. The van der Waals surface area contributed by atoms with Gasteiger partial charge in [0.2, 0.25) is 22.7 Å². The van der Waals surface area contributed by atoms with Crippen LogP contribution in [0.3, 0.4) is 0 Å². The number of benzene rings is 2. The fourth-order valence-electron chi connectivity index (χ4n) is 3.46. The van der Waals surface area contributed by atoms with E-state index < -0.39 is 20.9 Å². The number of nitrogens with zero attached hydrogens (tertiary/aromatic N) is 3. The standard InChI is InChI=1S/C21H22N4O8S/c26-21(23-22-13-16-11-19-20(33-14-32-19)12-18(16)25(27)28)6-3-15-1-4-17(5-2-15)34(29,30)24-7-9-31-10-8-24/h1-2,4-5,11-13H,3,6-10,14H2,(H,23,26)/b22-13-. The number of nitrogens with one attached hydrogen (secondary N) is 1. The first-order valence-electron chi connectivity index (χ1n) is 10.4. The summed E-state index contributed by atoms with van der Waals surface area (Å²) in [5.74, 6) is 0.235. The van der Waals surface area contributed by atoms with Crippen LogP contribution in [-0.2, 0) is 26.0 Å². The summed E-state index contributed by atoms with van der Waals surface area (Å²) in [6.07, 6.45) is 1.63. The van der Waals surface area contributed by atoms with Gasteiger partial charge in [-0.1, -0.05) is 12.1 Å². The first-order chi connectivity index (χ1) is 16.3. The van der Waals surface area contributed by atoms with Gasteiger partial charge in [-0.25, -0.2) is 13.8 Å². The Morgan fingerprint density at radius 1 is 1.15 bits per heavy atom. The van der Waals surface area contributed by atoms with Crippen molar-refractivity contribution in [2.45, 2.75) is 17.7 Å². The molecule has 0 radical (unpaired) electrons. The maximum absolute atomic E-state index is 12.7. The number of nitro benzene ring substituents is 1. The van der Waals surface area contributed by atoms with E-state index in [2.05, 4.69) is 10.5 Å². The van der Waals surface area contributed by atoms with Crippen LogP contribution in [0.1, 0.15) is 17.5 Å². The van der Waals surface area contributed by atoms with Crippen molar-refractivity contribution in [3.05, 3.63) is 57.6 Å². The van der Waals surface area contributed by atoms with Crippen LogP contribution in [-0.4, -0.2) is 62.9 Å². The van der Waals surface area contributed by atoms with Gasteiger partial charge in [0.05, 0.1) is 40.9 Å². The average molecular weight is 490 g/mol. The molecule has 0 saturated carbocycles. The Kier molecular flexibility index (Phi) is 7.05. The number of hydrazone groups is 1. The fraction of sp³-hybridized carbons (Fsp3) is 0.333. The number of morpholine rings is 1. The highest BCUT2D eigenvalue weighted by Crippen LogP contribution is 2.37. The lowest BCUT2D eigenvalue weighted by atomic mass is 10.1. The van der Waals surface area contributed by atoms with Crippen molar-refractivity contribution in [2.24, 2.45) is 5.10 Å². The summed E-state index contributed by atoms with van der Waals surface area (Å²) < 4.78 is 42.3. The zero-order valence-electron chi connectivity index (χ0n) is 18.0. The van der Waals surface area contributed by atoms with Crippen LogP contribution in [0.15, 0.2) is 46.4 Å². The van der Waals surface area contributed by atoms with Crippen molar-refractivity contribution in [2.75, 3.05) is 33.1 Å². The molecule has 2 aliphatic heterocycles. The molecule has 1 saturated heterocycles. The zero-order chi connectivity index (χ0) is 24.1. The normalized spacial score (nSPS) is 16.0. The van der Waals surface area contributed by atoms with Crippen LogP contribution >= 0.6 is 0 Å². The molecule has 180 valence electrons. The van der Waals surface area contributed by atoms with Crippen LogP contribution in [0.2, 0.25) is 0 Å². The summed E-state index contributed by atoms with van der Waals surface area (Å²) in [4.78, 5) is 23.0. The third kappa shape index (κ3) is 5.32. The largest absolute Gasteiger partial charge is 0.454 e. The predicted octanol–water partition coefficient (Wildman–Crippen LogP) is 1.43. The molecule has 0 bridgehead atoms. The van der Waals surface area contributed by atoms with Gasteiger partial charge < -0.3 is 14.2 Å². The number of fused-ring (bicyclic) bond motifs is 1. The Bertz CT molecular complexity index is 1210. The van der Waals surface area contributed by atoms with Gasteiger partial charge in [-0.15, -0.1) is 0 Å². The highest BCUT2D eigenvalue weighted by Gasteiger charge is 2.26. The minimum Gasteiger partial charge on any atom is -0.454 e. The second-order valence-corrected chi connectivity index (χ2v) is 9.41. The maximum Gasteiger partial charge on any atom is 0.282 e. The van der Waals surface area contributed by atoms with E-state index in [0.29, 0.717) is 38.5 Å². The molecule has 2 aromatic carbocycles. The van der Waals surface area contributed by atoms with Gasteiger partial charge in [-0.3, -0.25) is 14.9 Å². The van der Waals surface area contributed by atoms with Crippen molar-refractivity contribution in [3.8, 4) is 11.5 Å². The van der Waals surface area contributed by atoms with Crippen molar-refractivity contribution in [1.29, 1.82) is 0 Å². The van der Waals surface area contributed by atoms with Crippen molar-refractivity contribution >= 4 is 27.8 Å². The highest BCUT2D eigenvalue weighted by atomic mass is 32.2. The summed E-state index contributed by atoms with van der Waals surface area (Å²) in [7, 11) is -3.57. The summed E-state index contributed by atoms with van der Waals surface area (Å²) in [6, 6.07) is 9.04. The number of rotatable bonds is 8. The first-order valence-corrected chi connectivity index (χ1v) is 11.9.